The summed E-state index contributed by atoms with van der Waals surface area (Å²) in [7, 11) is 0. The minimum Gasteiger partial charge on any atom is -0.489 e. The smallest absolute Gasteiger partial charge is 0.416 e. The van der Waals surface area contributed by atoms with Crippen LogP contribution in [-0.4, -0.2) is 11.8 Å². The molecule has 0 saturated carbocycles. The maximum absolute atomic E-state index is 13.3. The zero-order valence-corrected chi connectivity index (χ0v) is 12.7. The Balaban J connectivity index is 2.22. The quantitative estimate of drug-likeness (QED) is 0.556. The average molecular weight is 357 g/mol. The number of halogens is 5. The molecule has 0 aliphatic carbocycles. The molecule has 0 aromatic heterocycles. The van der Waals surface area contributed by atoms with E-state index in [1.165, 1.54) is 12.1 Å². The molecular formula is C17H9ClF4O2. The first kappa shape index (κ1) is 16.5. The van der Waals surface area contributed by atoms with Gasteiger partial charge < -0.3 is 4.74 Å². The SMILES string of the molecule is O=C(Cl)c1ccc(C(F)(F)F)cc1C1=CCOc2cc(F)ccc21. The first-order valence-corrected chi connectivity index (χ1v) is 7.19. The minimum absolute atomic E-state index is 0.0287. The van der Waals surface area contributed by atoms with E-state index in [-0.39, 0.29) is 23.5 Å². The number of alkyl halides is 3. The predicted octanol–water partition coefficient (Wildman–Crippen LogP) is 5.05. The van der Waals surface area contributed by atoms with Crippen molar-refractivity contribution in [1.29, 1.82) is 0 Å². The minimum atomic E-state index is -4.57. The lowest BCUT2D eigenvalue weighted by Crippen LogP contribution is -2.11. The van der Waals surface area contributed by atoms with Gasteiger partial charge >= 0.3 is 6.18 Å². The van der Waals surface area contributed by atoms with Crippen LogP contribution in [0.15, 0.2) is 42.5 Å². The van der Waals surface area contributed by atoms with Crippen molar-refractivity contribution in [2.24, 2.45) is 0 Å². The fourth-order valence-corrected chi connectivity index (χ4v) is 2.70. The van der Waals surface area contributed by atoms with E-state index >= 15 is 0 Å². The molecule has 0 N–H and O–H groups in total. The Morgan fingerprint density at radius 3 is 2.50 bits per heavy atom. The standard InChI is InChI=1S/C17H9ClF4O2/c18-16(23)13-3-1-9(17(20,21)22)7-14(13)11-5-6-24-15-8-10(19)2-4-12(11)15/h1-5,7-8H,6H2. The molecule has 1 aliphatic heterocycles. The van der Waals surface area contributed by atoms with Crippen molar-refractivity contribution in [2.75, 3.05) is 6.61 Å². The summed E-state index contributed by atoms with van der Waals surface area (Å²) in [6, 6.07) is 6.38. The van der Waals surface area contributed by atoms with E-state index in [1.807, 2.05) is 0 Å². The van der Waals surface area contributed by atoms with Crippen LogP contribution >= 0.6 is 11.6 Å². The zero-order valence-electron chi connectivity index (χ0n) is 12.0. The molecule has 2 aromatic rings. The van der Waals surface area contributed by atoms with Crippen LogP contribution in [-0.2, 0) is 6.18 Å². The molecule has 0 saturated heterocycles. The van der Waals surface area contributed by atoms with E-state index in [9.17, 15) is 22.4 Å². The van der Waals surface area contributed by atoms with Crippen LogP contribution in [0.4, 0.5) is 17.6 Å². The van der Waals surface area contributed by atoms with Gasteiger partial charge in [-0.2, -0.15) is 13.2 Å². The lowest BCUT2D eigenvalue weighted by Gasteiger charge is -2.21. The Kier molecular flexibility index (Phi) is 4.09. The van der Waals surface area contributed by atoms with Crippen molar-refractivity contribution in [3.63, 3.8) is 0 Å². The molecule has 24 heavy (non-hydrogen) atoms. The number of fused-ring (bicyclic) bond motifs is 1. The number of hydrogen-bond donors (Lipinski definition) is 0. The Labute approximate surface area is 139 Å². The van der Waals surface area contributed by atoms with Gasteiger partial charge in [0, 0.05) is 17.2 Å². The highest BCUT2D eigenvalue weighted by Crippen LogP contribution is 2.39. The van der Waals surface area contributed by atoms with Crippen molar-refractivity contribution in [3.8, 4) is 5.75 Å². The molecule has 0 radical (unpaired) electrons. The van der Waals surface area contributed by atoms with Gasteiger partial charge in [-0.05, 0) is 59.1 Å². The van der Waals surface area contributed by atoms with Crippen LogP contribution in [0.5, 0.6) is 5.75 Å². The third-order valence-electron chi connectivity index (χ3n) is 3.61. The van der Waals surface area contributed by atoms with E-state index in [4.69, 9.17) is 16.3 Å². The molecule has 0 unspecified atom stereocenters. The van der Waals surface area contributed by atoms with Crippen LogP contribution in [0.25, 0.3) is 5.57 Å². The van der Waals surface area contributed by atoms with Crippen molar-refractivity contribution in [3.05, 3.63) is 70.5 Å². The van der Waals surface area contributed by atoms with Gasteiger partial charge in [-0.1, -0.05) is 0 Å². The topological polar surface area (TPSA) is 26.3 Å². The third-order valence-corrected chi connectivity index (χ3v) is 3.81. The normalized spacial score (nSPS) is 13.8. The van der Waals surface area contributed by atoms with Crippen LogP contribution in [0.1, 0.15) is 27.0 Å². The Morgan fingerprint density at radius 1 is 1.08 bits per heavy atom. The average Bonchev–Trinajstić information content (AvgIpc) is 2.52. The molecule has 1 heterocycles. The molecule has 3 rings (SSSR count). The van der Waals surface area contributed by atoms with Crippen molar-refractivity contribution < 1.29 is 27.1 Å². The molecule has 7 heteroatoms. The molecule has 2 nitrogen and oxygen atoms in total. The summed E-state index contributed by atoms with van der Waals surface area (Å²) in [5.41, 5.74) is -0.211. The second kappa shape index (κ2) is 5.94. The van der Waals surface area contributed by atoms with Gasteiger partial charge in [0.15, 0.2) is 0 Å². The van der Waals surface area contributed by atoms with Crippen LogP contribution in [0, 0.1) is 5.82 Å². The zero-order chi connectivity index (χ0) is 17.5. The van der Waals surface area contributed by atoms with Crippen LogP contribution in [0.3, 0.4) is 0 Å². The maximum Gasteiger partial charge on any atom is 0.416 e. The molecule has 1 aliphatic rings. The Bertz CT molecular complexity index is 856. The number of carbonyl (C=O) groups is 1. The van der Waals surface area contributed by atoms with Gasteiger partial charge in [-0.15, -0.1) is 0 Å². The van der Waals surface area contributed by atoms with Crippen molar-refractivity contribution >= 4 is 22.4 Å². The summed E-state index contributed by atoms with van der Waals surface area (Å²) < 4.78 is 57.6. The summed E-state index contributed by atoms with van der Waals surface area (Å²) in [6.45, 7) is 0.0396. The van der Waals surface area contributed by atoms with Crippen molar-refractivity contribution in [2.45, 2.75) is 6.18 Å². The van der Waals surface area contributed by atoms with E-state index in [0.717, 1.165) is 30.3 Å². The predicted molar refractivity (Wildman–Crippen MR) is 80.6 cm³/mol. The van der Waals surface area contributed by atoms with Gasteiger partial charge in [-0.3, -0.25) is 4.79 Å². The molecule has 0 bridgehead atoms. The van der Waals surface area contributed by atoms with Crippen LogP contribution in [0.2, 0.25) is 0 Å². The van der Waals surface area contributed by atoms with E-state index < -0.39 is 22.8 Å². The van der Waals surface area contributed by atoms with E-state index in [2.05, 4.69) is 0 Å². The number of benzene rings is 2. The summed E-state index contributed by atoms with van der Waals surface area (Å²) >= 11 is 5.51. The molecule has 0 spiro atoms. The van der Waals surface area contributed by atoms with E-state index in [1.54, 1.807) is 0 Å². The highest BCUT2D eigenvalue weighted by atomic mass is 35.5. The van der Waals surface area contributed by atoms with Gasteiger partial charge in [0.25, 0.3) is 5.24 Å². The number of ether oxygens (including phenoxy) is 1. The molecule has 0 amide bonds. The lowest BCUT2D eigenvalue weighted by molar-refractivity contribution is -0.137. The highest BCUT2D eigenvalue weighted by molar-refractivity contribution is 6.68. The largest absolute Gasteiger partial charge is 0.489 e. The molecule has 0 fully saturated rings. The monoisotopic (exact) mass is 356 g/mol. The first-order chi connectivity index (χ1) is 11.3. The summed E-state index contributed by atoms with van der Waals surface area (Å²) in [5, 5.41) is -0.880. The number of carbonyl (C=O) groups excluding carboxylic acids is 1. The summed E-state index contributed by atoms with van der Waals surface area (Å²) in [5.74, 6) is -0.342. The van der Waals surface area contributed by atoms with Crippen LogP contribution < -0.4 is 4.74 Å². The second-order valence-corrected chi connectivity index (χ2v) is 5.44. The second-order valence-electron chi connectivity index (χ2n) is 5.10. The van der Waals surface area contributed by atoms with Gasteiger partial charge in [-0.25, -0.2) is 4.39 Å². The Morgan fingerprint density at radius 2 is 1.83 bits per heavy atom. The molecule has 0 atom stereocenters. The maximum atomic E-state index is 13.3. The number of hydrogen-bond acceptors (Lipinski definition) is 2. The van der Waals surface area contributed by atoms with Gasteiger partial charge in [0.1, 0.15) is 18.2 Å². The lowest BCUT2D eigenvalue weighted by atomic mass is 9.91. The molecule has 2 aromatic carbocycles. The Hall–Kier alpha value is -2.34. The van der Waals surface area contributed by atoms with E-state index in [0.29, 0.717) is 11.1 Å². The highest BCUT2D eigenvalue weighted by Gasteiger charge is 2.32. The fourth-order valence-electron chi connectivity index (χ4n) is 2.53. The fraction of sp³-hybridized carbons (Fsp3) is 0.118. The molecular weight excluding hydrogens is 348 g/mol. The van der Waals surface area contributed by atoms with Crippen molar-refractivity contribution in [1.82, 2.24) is 0 Å². The van der Waals surface area contributed by atoms with Gasteiger partial charge in [0.05, 0.1) is 5.56 Å². The van der Waals surface area contributed by atoms with Gasteiger partial charge in [0.2, 0.25) is 0 Å². The first-order valence-electron chi connectivity index (χ1n) is 6.81. The summed E-state index contributed by atoms with van der Waals surface area (Å²) in [4.78, 5) is 11.6. The molecule has 124 valence electrons. The summed E-state index contributed by atoms with van der Waals surface area (Å²) in [6.07, 6.45) is -3.04. The third kappa shape index (κ3) is 3.01. The number of rotatable bonds is 2.